The Labute approximate surface area is 133 Å². The van der Waals surface area contributed by atoms with Gasteiger partial charge in [0.1, 0.15) is 0 Å². The molecule has 2 amide bonds. The van der Waals surface area contributed by atoms with Crippen molar-refractivity contribution < 1.29 is 19.1 Å². The molecule has 0 saturated heterocycles. The van der Waals surface area contributed by atoms with Crippen LogP contribution in [0.15, 0.2) is 0 Å². The minimum atomic E-state index is -0.302. The van der Waals surface area contributed by atoms with E-state index in [1.165, 1.54) is 4.90 Å². The Balaban J connectivity index is 4.36. The Morgan fingerprint density at radius 3 is 1.91 bits per heavy atom. The number of methoxy groups -OCH3 is 2. The molecule has 0 heterocycles. The average Bonchev–Trinajstić information content (AvgIpc) is 2.39. The predicted molar refractivity (Wildman–Crippen MR) is 85.7 cm³/mol. The molecule has 1 N–H and O–H groups in total. The van der Waals surface area contributed by atoms with Gasteiger partial charge in [-0.2, -0.15) is 0 Å². The quantitative estimate of drug-likeness (QED) is 0.612. The molecule has 0 aromatic rings. The van der Waals surface area contributed by atoms with E-state index in [9.17, 15) is 9.59 Å². The summed E-state index contributed by atoms with van der Waals surface area (Å²) in [5.74, 6) is -0.264. The van der Waals surface area contributed by atoms with Gasteiger partial charge in [0.25, 0.3) is 0 Å². The minimum absolute atomic E-state index is 0.0541. The van der Waals surface area contributed by atoms with Gasteiger partial charge in [-0.05, 0) is 20.8 Å². The second-order valence-corrected chi connectivity index (χ2v) is 6.31. The van der Waals surface area contributed by atoms with Crippen molar-refractivity contribution in [2.24, 2.45) is 0 Å². The van der Waals surface area contributed by atoms with Crippen LogP contribution in [0.2, 0.25) is 0 Å². The summed E-state index contributed by atoms with van der Waals surface area (Å²) in [5.41, 5.74) is -0.302. The van der Waals surface area contributed by atoms with Crippen molar-refractivity contribution in [3.05, 3.63) is 0 Å². The second-order valence-electron chi connectivity index (χ2n) is 6.31. The molecule has 0 fully saturated rings. The maximum absolute atomic E-state index is 12.2. The first-order valence-corrected chi connectivity index (χ1v) is 7.44. The summed E-state index contributed by atoms with van der Waals surface area (Å²) in [5, 5.41) is 2.84. The number of hydrogen-bond acceptors (Lipinski definition) is 5. The van der Waals surface area contributed by atoms with Crippen LogP contribution in [-0.4, -0.2) is 87.8 Å². The molecule has 0 spiro atoms. The lowest BCUT2D eigenvalue weighted by atomic mass is 10.1. The first-order valence-electron chi connectivity index (χ1n) is 7.44. The van der Waals surface area contributed by atoms with Crippen LogP contribution in [0.1, 0.15) is 20.8 Å². The number of amides is 2. The molecule has 0 atom stereocenters. The zero-order valence-corrected chi connectivity index (χ0v) is 14.8. The smallest absolute Gasteiger partial charge is 0.240 e. The maximum Gasteiger partial charge on any atom is 0.240 e. The zero-order chi connectivity index (χ0) is 17.2. The van der Waals surface area contributed by atoms with E-state index >= 15 is 0 Å². The number of likely N-dealkylation sites (N-methyl/N-ethyl adjacent to an activating group) is 1. The molecule has 7 nitrogen and oxygen atoms in total. The monoisotopic (exact) mass is 317 g/mol. The molecule has 130 valence electrons. The van der Waals surface area contributed by atoms with Crippen molar-refractivity contribution in [3.8, 4) is 0 Å². The van der Waals surface area contributed by atoms with E-state index in [0.717, 1.165) is 0 Å². The summed E-state index contributed by atoms with van der Waals surface area (Å²) < 4.78 is 10.1. The lowest BCUT2D eigenvalue weighted by Crippen LogP contribution is -2.48. The lowest BCUT2D eigenvalue weighted by Gasteiger charge is -2.26. The number of nitrogens with one attached hydrogen (secondary N) is 1. The van der Waals surface area contributed by atoms with Crippen LogP contribution in [-0.2, 0) is 19.1 Å². The third-order valence-corrected chi connectivity index (χ3v) is 2.90. The molecule has 0 unspecified atom stereocenters. The Morgan fingerprint density at radius 2 is 1.50 bits per heavy atom. The normalized spacial score (nSPS) is 11.6. The number of nitrogens with zero attached hydrogens (tertiary/aromatic N) is 2. The summed E-state index contributed by atoms with van der Waals surface area (Å²) in [4.78, 5) is 27.4. The predicted octanol–water partition coefficient (Wildman–Crippen LogP) is -0.0457. The lowest BCUT2D eigenvalue weighted by molar-refractivity contribution is -0.136. The summed E-state index contributed by atoms with van der Waals surface area (Å²) in [6, 6.07) is 0. The topological polar surface area (TPSA) is 71.1 Å². The van der Waals surface area contributed by atoms with Crippen molar-refractivity contribution in [2.45, 2.75) is 26.3 Å². The summed E-state index contributed by atoms with van der Waals surface area (Å²) in [6.45, 7) is 8.40. The minimum Gasteiger partial charge on any atom is -0.383 e. The van der Waals surface area contributed by atoms with Crippen LogP contribution in [0.25, 0.3) is 0 Å². The molecular formula is C15H31N3O4. The Morgan fingerprint density at radius 1 is 1.00 bits per heavy atom. The zero-order valence-electron chi connectivity index (χ0n) is 14.8. The van der Waals surface area contributed by atoms with Crippen LogP contribution in [0.4, 0.5) is 0 Å². The first-order chi connectivity index (χ1) is 10.2. The van der Waals surface area contributed by atoms with Gasteiger partial charge in [0, 0.05) is 39.9 Å². The second kappa shape index (κ2) is 10.5. The van der Waals surface area contributed by atoms with Crippen LogP contribution < -0.4 is 5.32 Å². The average molecular weight is 317 g/mol. The molecular weight excluding hydrogens is 286 g/mol. The van der Waals surface area contributed by atoms with Crippen molar-refractivity contribution in [1.29, 1.82) is 0 Å². The fraction of sp³-hybridized carbons (Fsp3) is 0.867. The highest BCUT2D eigenvalue weighted by molar-refractivity contribution is 5.85. The van der Waals surface area contributed by atoms with Crippen molar-refractivity contribution in [1.82, 2.24) is 15.1 Å². The molecule has 0 rings (SSSR count). The highest BCUT2D eigenvalue weighted by Gasteiger charge is 2.19. The molecule has 0 aromatic heterocycles. The molecule has 0 aliphatic heterocycles. The van der Waals surface area contributed by atoms with E-state index in [4.69, 9.17) is 9.47 Å². The molecule has 0 aromatic carbocycles. The number of carbonyl (C=O) groups is 2. The van der Waals surface area contributed by atoms with Crippen molar-refractivity contribution in [2.75, 3.05) is 60.7 Å². The van der Waals surface area contributed by atoms with Crippen molar-refractivity contribution in [3.63, 3.8) is 0 Å². The fourth-order valence-electron chi connectivity index (χ4n) is 1.78. The molecule has 0 aliphatic rings. The molecule has 22 heavy (non-hydrogen) atoms. The summed E-state index contributed by atoms with van der Waals surface area (Å²) in [7, 11) is 4.88. The van der Waals surface area contributed by atoms with Crippen LogP contribution in [0, 0.1) is 0 Å². The van der Waals surface area contributed by atoms with E-state index in [0.29, 0.717) is 26.3 Å². The third kappa shape index (κ3) is 10.5. The molecule has 7 heteroatoms. The summed E-state index contributed by atoms with van der Waals surface area (Å²) in [6.07, 6.45) is 0. The molecule has 0 bridgehead atoms. The van der Waals surface area contributed by atoms with Crippen LogP contribution in [0.3, 0.4) is 0 Å². The first kappa shape index (κ1) is 20.8. The van der Waals surface area contributed by atoms with Crippen LogP contribution in [0.5, 0.6) is 0 Å². The van der Waals surface area contributed by atoms with Gasteiger partial charge in [-0.15, -0.1) is 0 Å². The Bertz CT molecular complexity index is 334. The molecule has 0 saturated carbocycles. The molecule has 0 radical (unpaired) electrons. The van der Waals surface area contributed by atoms with Gasteiger partial charge in [0.05, 0.1) is 26.3 Å². The number of ether oxygens (including phenoxy) is 2. The Kier molecular flexibility index (Phi) is 9.97. The van der Waals surface area contributed by atoms with E-state index in [1.807, 2.05) is 25.7 Å². The number of hydrogen-bond donors (Lipinski definition) is 1. The van der Waals surface area contributed by atoms with Gasteiger partial charge in [-0.3, -0.25) is 14.5 Å². The van der Waals surface area contributed by atoms with Crippen molar-refractivity contribution >= 4 is 11.8 Å². The van der Waals surface area contributed by atoms with E-state index in [2.05, 4.69) is 5.32 Å². The highest BCUT2D eigenvalue weighted by atomic mass is 16.5. The fourth-order valence-corrected chi connectivity index (χ4v) is 1.78. The van der Waals surface area contributed by atoms with Gasteiger partial charge < -0.3 is 19.7 Å². The maximum atomic E-state index is 12.2. The van der Waals surface area contributed by atoms with Gasteiger partial charge >= 0.3 is 0 Å². The van der Waals surface area contributed by atoms with E-state index in [-0.39, 0.29) is 30.4 Å². The third-order valence-electron chi connectivity index (χ3n) is 2.90. The van der Waals surface area contributed by atoms with E-state index < -0.39 is 0 Å². The van der Waals surface area contributed by atoms with Gasteiger partial charge in [0.2, 0.25) is 11.8 Å². The summed E-state index contributed by atoms with van der Waals surface area (Å²) >= 11 is 0. The van der Waals surface area contributed by atoms with E-state index in [1.54, 1.807) is 21.3 Å². The Hall–Kier alpha value is -1.18. The van der Waals surface area contributed by atoms with Gasteiger partial charge in [-0.1, -0.05) is 0 Å². The molecule has 0 aliphatic carbocycles. The number of rotatable bonds is 10. The van der Waals surface area contributed by atoms with Gasteiger partial charge in [0.15, 0.2) is 0 Å². The van der Waals surface area contributed by atoms with Crippen LogP contribution >= 0.6 is 0 Å². The highest BCUT2D eigenvalue weighted by Crippen LogP contribution is 1.99. The number of carbonyl (C=O) groups excluding carboxylic acids is 2. The standard InChI is InChI=1S/C15H31N3O4/c1-15(2,3)16-13(19)11-17(4)14(20)12-18(7-9-21-5)8-10-22-6/h7-12H2,1-6H3,(H,16,19). The largest absolute Gasteiger partial charge is 0.383 e. The van der Waals surface area contributed by atoms with Gasteiger partial charge in [-0.25, -0.2) is 0 Å². The SMILES string of the molecule is COCCN(CCOC)CC(=O)N(C)CC(=O)NC(C)(C)C.